The van der Waals surface area contributed by atoms with Crippen LogP contribution >= 0.6 is 0 Å². The van der Waals surface area contributed by atoms with Gasteiger partial charge in [-0.15, -0.1) is 0 Å². The van der Waals surface area contributed by atoms with E-state index in [0.29, 0.717) is 26.3 Å². The molecule has 0 aromatic heterocycles. The average Bonchev–Trinajstić information content (AvgIpc) is 3.63. The quantitative estimate of drug-likeness (QED) is 0.144. The Hall–Kier alpha value is -6.88. The first-order valence-corrected chi connectivity index (χ1v) is 19.4. The lowest BCUT2D eigenvalue weighted by atomic mass is 10.00. The Morgan fingerprint density at radius 2 is 1.67 bits per heavy atom. The van der Waals surface area contributed by atoms with Crippen LogP contribution in [0.2, 0.25) is 0 Å². The third kappa shape index (κ3) is 7.08. The van der Waals surface area contributed by atoms with E-state index in [9.17, 15) is 37.2 Å². The van der Waals surface area contributed by atoms with Gasteiger partial charge in [0.25, 0.3) is 11.8 Å². The fourth-order valence-corrected chi connectivity index (χ4v) is 8.48. The van der Waals surface area contributed by atoms with Crippen molar-refractivity contribution in [1.82, 2.24) is 15.4 Å². The summed E-state index contributed by atoms with van der Waals surface area (Å²) in [7, 11) is -4.38. The molecule has 290 valence electrons. The fourth-order valence-electron chi connectivity index (χ4n) is 7.32. The van der Waals surface area contributed by atoms with Crippen molar-refractivity contribution in [3.63, 3.8) is 0 Å². The van der Waals surface area contributed by atoms with Crippen molar-refractivity contribution in [2.75, 3.05) is 21.1 Å². The molecule has 3 aliphatic rings. The van der Waals surface area contributed by atoms with Crippen LogP contribution in [0.4, 0.5) is 21.5 Å². The maximum absolute atomic E-state index is 16.1. The molecule has 17 heteroatoms. The molecule has 1 atom stereocenters. The van der Waals surface area contributed by atoms with Crippen molar-refractivity contribution in [1.29, 1.82) is 0 Å². The molecular formula is C40H33FN6O9S. The van der Waals surface area contributed by atoms with Crippen molar-refractivity contribution < 1.29 is 46.3 Å². The third-order valence-electron chi connectivity index (χ3n) is 10.0. The molecule has 0 saturated carbocycles. The standard InChI is InChI=1S/C40H33FN6O9S/c41-37-27-11-10-25(17-24(27)18-31(56-21-22-5-2-1-3-6-22)38(37)46-20-35(51)45-57(46,54)55)43-33(49)16-15-32(48)42-19-23-9-12-29-36-26(23)7-4-8-28(36)40(53)47(29)30-13-14-34(50)44-39(30)52/h1-12,17-18,30H,13-16,19-21H2,(H,42,48)(H,43,49)(H,45,51)(H,44,50,52). The summed E-state index contributed by atoms with van der Waals surface area (Å²) in [6.45, 7) is -0.564. The number of anilines is 3. The van der Waals surface area contributed by atoms with E-state index in [1.165, 1.54) is 29.2 Å². The van der Waals surface area contributed by atoms with Crippen LogP contribution in [0.5, 0.6) is 5.75 Å². The highest BCUT2D eigenvalue weighted by atomic mass is 32.2. The molecule has 5 aromatic carbocycles. The monoisotopic (exact) mass is 792 g/mol. The topological polar surface area (TPSA) is 200 Å². The Bertz CT molecular complexity index is 2670. The molecule has 6 amide bonds. The van der Waals surface area contributed by atoms with Crippen LogP contribution in [0.25, 0.3) is 21.5 Å². The number of amides is 6. The molecule has 2 fully saturated rings. The van der Waals surface area contributed by atoms with Gasteiger partial charge in [-0.05, 0) is 64.7 Å². The predicted octanol–water partition coefficient (Wildman–Crippen LogP) is 3.69. The van der Waals surface area contributed by atoms with Gasteiger partial charge in [0.15, 0.2) is 5.82 Å². The zero-order valence-electron chi connectivity index (χ0n) is 30.0. The van der Waals surface area contributed by atoms with Crippen LogP contribution in [0.15, 0.2) is 84.9 Å². The Kier molecular flexibility index (Phi) is 9.52. The number of halogens is 1. The number of hydrogen-bond acceptors (Lipinski definition) is 9. The van der Waals surface area contributed by atoms with E-state index < -0.39 is 57.9 Å². The lowest BCUT2D eigenvalue weighted by molar-refractivity contribution is -0.134. The predicted molar refractivity (Wildman–Crippen MR) is 206 cm³/mol. The summed E-state index contributed by atoms with van der Waals surface area (Å²) in [5.41, 5.74) is 2.27. The number of fused-ring (bicyclic) bond motifs is 1. The highest BCUT2D eigenvalue weighted by Crippen LogP contribution is 2.42. The van der Waals surface area contributed by atoms with Gasteiger partial charge in [0.05, 0.1) is 5.69 Å². The van der Waals surface area contributed by atoms with Crippen LogP contribution in [0.3, 0.4) is 0 Å². The SMILES string of the molecule is O=C(CCC(=O)Nc1ccc2c(F)c(N3CC(=O)NS3(=O)=O)c(OCc3ccccc3)cc2c1)NCc1ccc2c3c(cccc13)C(=O)N2C1CCC(=O)NC1=O. The molecule has 8 rings (SSSR count). The van der Waals surface area contributed by atoms with Crippen LogP contribution in [-0.2, 0) is 47.3 Å². The maximum Gasteiger partial charge on any atom is 0.326 e. The lowest BCUT2D eigenvalue weighted by Gasteiger charge is -2.30. The largest absolute Gasteiger partial charge is 0.487 e. The molecule has 3 aliphatic heterocycles. The number of rotatable bonds is 11. The Morgan fingerprint density at radius 3 is 2.42 bits per heavy atom. The van der Waals surface area contributed by atoms with Crippen molar-refractivity contribution in [3.05, 3.63) is 107 Å². The van der Waals surface area contributed by atoms with Crippen molar-refractivity contribution in [3.8, 4) is 5.75 Å². The van der Waals surface area contributed by atoms with Crippen LogP contribution in [0.1, 0.15) is 47.2 Å². The smallest absolute Gasteiger partial charge is 0.326 e. The second-order valence-corrected chi connectivity index (χ2v) is 15.3. The number of nitrogens with zero attached hydrogens (tertiary/aromatic N) is 2. The van der Waals surface area contributed by atoms with E-state index in [-0.39, 0.29) is 72.9 Å². The van der Waals surface area contributed by atoms with Gasteiger partial charge in [-0.1, -0.05) is 48.5 Å². The molecule has 0 radical (unpaired) electrons. The minimum Gasteiger partial charge on any atom is -0.487 e. The van der Waals surface area contributed by atoms with E-state index in [4.69, 9.17) is 4.74 Å². The molecular weight excluding hydrogens is 760 g/mol. The lowest BCUT2D eigenvalue weighted by Crippen LogP contribution is -2.53. The second kappa shape index (κ2) is 14.6. The highest BCUT2D eigenvalue weighted by molar-refractivity contribution is 7.92. The number of ether oxygens (including phenoxy) is 1. The van der Waals surface area contributed by atoms with Crippen molar-refractivity contribution >= 4 is 84.3 Å². The summed E-state index contributed by atoms with van der Waals surface area (Å²) in [5, 5.41) is 9.48. The molecule has 0 bridgehead atoms. The first-order chi connectivity index (χ1) is 27.4. The van der Waals surface area contributed by atoms with E-state index >= 15 is 4.39 Å². The van der Waals surface area contributed by atoms with Crippen LogP contribution < -0.4 is 34.6 Å². The van der Waals surface area contributed by atoms with Crippen molar-refractivity contribution in [2.45, 2.75) is 44.9 Å². The number of carbonyl (C=O) groups is 6. The van der Waals surface area contributed by atoms with Gasteiger partial charge in [-0.3, -0.25) is 39.0 Å². The summed E-state index contributed by atoms with van der Waals surface area (Å²) in [4.78, 5) is 77.1. The van der Waals surface area contributed by atoms with E-state index in [0.717, 1.165) is 11.1 Å². The molecule has 1 unspecified atom stereocenters. The summed E-state index contributed by atoms with van der Waals surface area (Å²) >= 11 is 0. The van der Waals surface area contributed by atoms with Crippen LogP contribution in [-0.4, -0.2) is 56.4 Å². The van der Waals surface area contributed by atoms with E-state index in [1.54, 1.807) is 48.5 Å². The molecule has 15 nitrogen and oxygen atoms in total. The van der Waals surface area contributed by atoms with Gasteiger partial charge in [0.2, 0.25) is 23.6 Å². The van der Waals surface area contributed by atoms with Gasteiger partial charge in [0.1, 0.15) is 30.6 Å². The highest BCUT2D eigenvalue weighted by Gasteiger charge is 2.41. The Morgan fingerprint density at radius 1 is 0.877 bits per heavy atom. The van der Waals surface area contributed by atoms with Gasteiger partial charge >= 0.3 is 10.2 Å². The Labute approximate surface area is 324 Å². The second-order valence-electron chi connectivity index (χ2n) is 13.7. The minimum absolute atomic E-state index is 0.0140. The number of nitrogens with one attached hydrogen (secondary N) is 4. The first kappa shape index (κ1) is 37.1. The molecule has 0 spiro atoms. The molecule has 3 heterocycles. The zero-order chi connectivity index (χ0) is 40.0. The zero-order valence-corrected chi connectivity index (χ0v) is 30.8. The van der Waals surface area contributed by atoms with Gasteiger partial charge in [-0.2, -0.15) is 8.42 Å². The first-order valence-electron chi connectivity index (χ1n) is 17.9. The number of hydrogen-bond donors (Lipinski definition) is 4. The third-order valence-corrected chi connectivity index (χ3v) is 11.4. The number of imide groups is 1. The summed E-state index contributed by atoms with van der Waals surface area (Å²) < 4.78 is 50.0. The van der Waals surface area contributed by atoms with Gasteiger partial charge < -0.3 is 15.4 Å². The van der Waals surface area contributed by atoms with Gasteiger partial charge in [0, 0.05) is 47.8 Å². The molecule has 2 saturated heterocycles. The van der Waals surface area contributed by atoms with E-state index in [1.807, 2.05) is 16.9 Å². The molecule has 0 aliphatic carbocycles. The summed E-state index contributed by atoms with van der Waals surface area (Å²) in [6, 6.07) is 22.5. The van der Waals surface area contributed by atoms with Gasteiger partial charge in [-0.25, -0.2) is 13.4 Å². The average molecular weight is 793 g/mol. The number of benzene rings is 5. The normalized spacial score (nSPS) is 17.2. The van der Waals surface area contributed by atoms with Crippen molar-refractivity contribution in [2.24, 2.45) is 0 Å². The molecule has 5 aromatic rings. The minimum atomic E-state index is -4.38. The fraction of sp³-hybridized carbons (Fsp3) is 0.200. The summed E-state index contributed by atoms with van der Waals surface area (Å²) in [5.74, 6) is -4.06. The van der Waals surface area contributed by atoms with Crippen LogP contribution in [0, 0.1) is 5.82 Å². The number of carbonyl (C=O) groups excluding carboxylic acids is 6. The Balaban J connectivity index is 0.936. The molecule has 4 N–H and O–H groups in total. The summed E-state index contributed by atoms with van der Waals surface area (Å²) in [6.07, 6.45) is -0.0167. The maximum atomic E-state index is 16.1. The van der Waals surface area contributed by atoms with E-state index in [2.05, 4.69) is 16.0 Å². The number of piperidine rings is 1. The molecule has 57 heavy (non-hydrogen) atoms.